The number of aliphatic hydroxyl groups excluding tert-OH is 2. The Morgan fingerprint density at radius 3 is 2.47 bits per heavy atom. The average molecular weight is 455 g/mol. The molecule has 2 aliphatic carbocycles. The lowest BCUT2D eigenvalue weighted by atomic mass is 9.41. The summed E-state index contributed by atoms with van der Waals surface area (Å²) in [6, 6.07) is 0. The maximum atomic E-state index is 12.7. The molecule has 0 aromatic carbocycles. The Morgan fingerprint density at radius 1 is 1.31 bits per heavy atom. The molecule has 8 atom stereocenters. The molecule has 3 fully saturated rings. The number of rotatable bonds is 6. The van der Waals surface area contributed by atoms with E-state index in [4.69, 9.17) is 18.9 Å². The predicted molar refractivity (Wildman–Crippen MR) is 116 cm³/mol. The number of carbonyl (C=O) groups excluding carboxylic acids is 2. The van der Waals surface area contributed by atoms with Crippen LogP contribution in [-0.4, -0.2) is 64.1 Å². The van der Waals surface area contributed by atoms with Crippen LogP contribution >= 0.6 is 0 Å². The van der Waals surface area contributed by atoms with E-state index in [0.29, 0.717) is 6.42 Å². The molecule has 0 aromatic rings. The first-order chi connectivity index (χ1) is 14.6. The molecule has 8 nitrogen and oxygen atoms in total. The Hall–Kier alpha value is -1.64. The van der Waals surface area contributed by atoms with Gasteiger partial charge in [-0.05, 0) is 39.0 Å². The quantitative estimate of drug-likeness (QED) is 0.465. The van der Waals surface area contributed by atoms with Crippen molar-refractivity contribution in [3.05, 3.63) is 12.7 Å². The molecule has 1 saturated heterocycles. The van der Waals surface area contributed by atoms with Crippen molar-refractivity contribution in [1.82, 2.24) is 0 Å². The topological polar surface area (TPSA) is 112 Å². The molecule has 1 heterocycles. The lowest BCUT2D eigenvalue weighted by Gasteiger charge is -2.71. The van der Waals surface area contributed by atoms with E-state index in [9.17, 15) is 19.8 Å². The molecule has 0 unspecified atom stereocenters. The zero-order valence-corrected chi connectivity index (χ0v) is 20.3. The van der Waals surface area contributed by atoms with Crippen LogP contribution in [-0.2, 0) is 23.7 Å². The summed E-state index contributed by atoms with van der Waals surface area (Å²) in [6.45, 7) is 16.3. The number of esters is 1. The third-order valence-electron chi connectivity index (χ3n) is 8.68. The van der Waals surface area contributed by atoms with Crippen LogP contribution in [0.5, 0.6) is 0 Å². The standard InChI is InChI=1S/C24H38O8/c1-9-21(5,12-13-25)32-23(7)18(29-14(2)26)16(27)17-20(3,4)11-10-15-22(17,6)24(23,8)31-19(28)30-15/h9,15-18,25,27H,1,10-13H2,2-8H3/t15-,16-,17-,18-,21-,22-,23+,24-/m0/s1. The van der Waals surface area contributed by atoms with E-state index >= 15 is 0 Å². The second-order valence-corrected chi connectivity index (χ2v) is 11.0. The van der Waals surface area contributed by atoms with Gasteiger partial charge < -0.3 is 29.2 Å². The minimum Gasteiger partial charge on any atom is -0.457 e. The molecular formula is C24H38O8. The third kappa shape index (κ3) is 3.29. The highest BCUT2D eigenvalue weighted by atomic mass is 16.8. The van der Waals surface area contributed by atoms with Gasteiger partial charge in [0, 0.05) is 25.9 Å². The molecule has 3 rings (SSSR count). The summed E-state index contributed by atoms with van der Waals surface area (Å²) in [5, 5.41) is 21.4. The molecule has 32 heavy (non-hydrogen) atoms. The second-order valence-electron chi connectivity index (χ2n) is 11.0. The lowest BCUT2D eigenvalue weighted by molar-refractivity contribution is -0.385. The molecule has 8 heteroatoms. The first-order valence-corrected chi connectivity index (χ1v) is 11.3. The van der Waals surface area contributed by atoms with Crippen LogP contribution in [0.25, 0.3) is 0 Å². The minimum absolute atomic E-state index is 0.172. The fourth-order valence-electron chi connectivity index (χ4n) is 6.82. The molecular weight excluding hydrogens is 416 g/mol. The van der Waals surface area contributed by atoms with Crippen LogP contribution in [0.15, 0.2) is 12.7 Å². The molecule has 1 aliphatic heterocycles. The molecule has 0 spiro atoms. The van der Waals surface area contributed by atoms with E-state index in [-0.39, 0.29) is 18.4 Å². The fourth-order valence-corrected chi connectivity index (χ4v) is 6.82. The van der Waals surface area contributed by atoms with Gasteiger partial charge >= 0.3 is 12.1 Å². The lowest BCUT2D eigenvalue weighted by Crippen LogP contribution is -2.84. The highest BCUT2D eigenvalue weighted by Gasteiger charge is 2.80. The zero-order chi connectivity index (χ0) is 24.3. The van der Waals surface area contributed by atoms with Crippen LogP contribution in [0, 0.1) is 16.7 Å². The van der Waals surface area contributed by atoms with Crippen molar-refractivity contribution >= 4 is 12.1 Å². The molecule has 3 aliphatic rings. The van der Waals surface area contributed by atoms with Gasteiger partial charge in [0.15, 0.2) is 11.7 Å². The Balaban J connectivity index is 2.29. The number of hydrogen-bond donors (Lipinski definition) is 2. The van der Waals surface area contributed by atoms with Gasteiger partial charge in [-0.15, -0.1) is 6.58 Å². The summed E-state index contributed by atoms with van der Waals surface area (Å²) in [7, 11) is 0. The van der Waals surface area contributed by atoms with Gasteiger partial charge in [-0.3, -0.25) is 4.79 Å². The first kappa shape index (κ1) is 25.0. The predicted octanol–water partition coefficient (Wildman–Crippen LogP) is 3.13. The Kier molecular flexibility index (Phi) is 6.02. The van der Waals surface area contributed by atoms with Crippen LogP contribution in [0.2, 0.25) is 0 Å². The number of carbonyl (C=O) groups is 2. The zero-order valence-electron chi connectivity index (χ0n) is 20.3. The Labute approximate surface area is 190 Å². The number of aliphatic hydroxyl groups is 2. The van der Waals surface area contributed by atoms with Gasteiger partial charge in [0.1, 0.15) is 11.7 Å². The molecule has 2 N–H and O–H groups in total. The summed E-state index contributed by atoms with van der Waals surface area (Å²) in [4.78, 5) is 24.8. The van der Waals surface area contributed by atoms with Crippen molar-refractivity contribution < 1.29 is 38.7 Å². The largest absolute Gasteiger partial charge is 0.509 e. The van der Waals surface area contributed by atoms with E-state index in [2.05, 4.69) is 20.4 Å². The summed E-state index contributed by atoms with van der Waals surface area (Å²) < 4.78 is 24.0. The van der Waals surface area contributed by atoms with Gasteiger partial charge in [-0.25, -0.2) is 4.79 Å². The van der Waals surface area contributed by atoms with E-state index in [1.165, 1.54) is 6.92 Å². The van der Waals surface area contributed by atoms with Crippen LogP contribution < -0.4 is 0 Å². The van der Waals surface area contributed by atoms with E-state index in [1.54, 1.807) is 26.8 Å². The molecule has 0 bridgehead atoms. The summed E-state index contributed by atoms with van der Waals surface area (Å²) in [5.41, 5.74) is -5.06. The van der Waals surface area contributed by atoms with Crippen LogP contribution in [0.1, 0.15) is 67.7 Å². The summed E-state index contributed by atoms with van der Waals surface area (Å²) in [6.07, 6.45) is -0.455. The second kappa shape index (κ2) is 7.71. The molecule has 0 radical (unpaired) electrons. The van der Waals surface area contributed by atoms with Crippen LogP contribution in [0.4, 0.5) is 4.79 Å². The third-order valence-corrected chi connectivity index (χ3v) is 8.68. The van der Waals surface area contributed by atoms with Crippen molar-refractivity contribution in [3.63, 3.8) is 0 Å². The Bertz CT molecular complexity index is 795. The van der Waals surface area contributed by atoms with Crippen molar-refractivity contribution in [1.29, 1.82) is 0 Å². The van der Waals surface area contributed by atoms with Crippen molar-refractivity contribution in [2.45, 2.75) is 103 Å². The van der Waals surface area contributed by atoms with E-state index in [1.807, 2.05) is 6.92 Å². The number of hydrogen-bond acceptors (Lipinski definition) is 8. The first-order valence-electron chi connectivity index (χ1n) is 11.3. The Morgan fingerprint density at radius 2 is 1.94 bits per heavy atom. The van der Waals surface area contributed by atoms with Gasteiger partial charge in [-0.2, -0.15) is 0 Å². The van der Waals surface area contributed by atoms with E-state index < -0.39 is 58.6 Å². The van der Waals surface area contributed by atoms with Crippen molar-refractivity contribution in [2.24, 2.45) is 16.7 Å². The van der Waals surface area contributed by atoms with Gasteiger partial charge in [0.2, 0.25) is 0 Å². The summed E-state index contributed by atoms with van der Waals surface area (Å²) in [5.74, 6) is -0.997. The highest BCUT2D eigenvalue weighted by molar-refractivity contribution is 5.67. The van der Waals surface area contributed by atoms with E-state index in [0.717, 1.165) is 6.42 Å². The number of ether oxygens (including phenoxy) is 4. The molecule has 0 aromatic heterocycles. The highest BCUT2D eigenvalue weighted by Crippen LogP contribution is 2.68. The maximum absolute atomic E-state index is 12.7. The fraction of sp³-hybridized carbons (Fsp3) is 0.833. The maximum Gasteiger partial charge on any atom is 0.509 e. The minimum atomic E-state index is -1.48. The molecule has 0 amide bonds. The van der Waals surface area contributed by atoms with Gasteiger partial charge in [-0.1, -0.05) is 26.8 Å². The summed E-state index contributed by atoms with van der Waals surface area (Å²) >= 11 is 0. The van der Waals surface area contributed by atoms with Crippen molar-refractivity contribution in [3.8, 4) is 0 Å². The average Bonchev–Trinajstić information content (AvgIpc) is 2.66. The smallest absolute Gasteiger partial charge is 0.457 e. The molecule has 182 valence electrons. The molecule has 2 saturated carbocycles. The monoisotopic (exact) mass is 454 g/mol. The van der Waals surface area contributed by atoms with Crippen LogP contribution in [0.3, 0.4) is 0 Å². The van der Waals surface area contributed by atoms with Crippen molar-refractivity contribution in [2.75, 3.05) is 6.61 Å². The normalized spacial score (nSPS) is 44.3. The SMILES string of the molecule is C=C[C@@](C)(CCO)O[C@]1(C)[C@@H](OC(C)=O)[C@@H](O)[C@H]2C(C)(C)CC[C@@H]3OC(=O)O[C@@]1(C)[C@@]32C. The van der Waals surface area contributed by atoms with Gasteiger partial charge in [0.05, 0.1) is 17.1 Å². The van der Waals surface area contributed by atoms with Gasteiger partial charge in [0.25, 0.3) is 0 Å².